The molecular weight excluding hydrogens is 340 g/mol. The summed E-state index contributed by atoms with van der Waals surface area (Å²) in [5.74, 6) is -6.01. The van der Waals surface area contributed by atoms with E-state index in [1.807, 2.05) is 0 Å². The number of anilines is 1. The molecule has 1 saturated heterocycles. The first-order valence-corrected chi connectivity index (χ1v) is 8.32. The average molecular weight is 360 g/mol. The summed E-state index contributed by atoms with van der Waals surface area (Å²) in [6.07, 6.45) is -0.955. The molecule has 0 bridgehead atoms. The summed E-state index contributed by atoms with van der Waals surface area (Å²) in [5, 5.41) is 0. The van der Waals surface area contributed by atoms with Crippen molar-refractivity contribution in [1.29, 1.82) is 0 Å². The van der Waals surface area contributed by atoms with Gasteiger partial charge in [-0.25, -0.2) is 27.3 Å². The van der Waals surface area contributed by atoms with Crippen LogP contribution in [0.3, 0.4) is 0 Å². The molecule has 1 aromatic heterocycles. The molecule has 1 fully saturated rings. The summed E-state index contributed by atoms with van der Waals surface area (Å²) >= 11 is 0. The summed E-state index contributed by atoms with van der Waals surface area (Å²) in [4.78, 5) is 18.2. The average Bonchev–Trinajstić information content (AvgIpc) is 2.73. The van der Waals surface area contributed by atoms with Crippen LogP contribution in [0.4, 0.5) is 23.4 Å². The van der Waals surface area contributed by atoms with Gasteiger partial charge in [0, 0.05) is 44.5 Å². The zero-order chi connectivity index (χ0) is 18.2. The van der Waals surface area contributed by atoms with Crippen molar-refractivity contribution in [3.63, 3.8) is 0 Å². The number of hydrogen-bond donors (Lipinski definition) is 0. The smallest absolute Gasteiger partial charge is 0.341 e. The second kappa shape index (κ2) is 6.46. The van der Waals surface area contributed by atoms with Crippen LogP contribution >= 0.6 is 0 Å². The Balaban J connectivity index is 1.99. The highest BCUT2D eigenvalue weighted by atomic mass is 19.3. The standard InChI is InChI=1S/C17H20F4N2O2/c1-25-15(24)12-9-11-10-17(20,21)5-3-13(11)22-14(12)23-7-2-4-16(18,19)6-8-23/h9H,2-8,10H2,1H3. The van der Waals surface area contributed by atoms with Crippen molar-refractivity contribution in [1.82, 2.24) is 4.98 Å². The van der Waals surface area contributed by atoms with E-state index >= 15 is 0 Å². The number of carbonyl (C=O) groups is 1. The predicted molar refractivity (Wildman–Crippen MR) is 83.6 cm³/mol. The molecule has 138 valence electrons. The Kier molecular flexibility index (Phi) is 4.64. The molecule has 0 aromatic carbocycles. The van der Waals surface area contributed by atoms with Gasteiger partial charge in [-0.3, -0.25) is 0 Å². The molecule has 0 amide bonds. The molecule has 0 atom stereocenters. The minimum Gasteiger partial charge on any atom is -0.465 e. The van der Waals surface area contributed by atoms with Crippen molar-refractivity contribution in [2.24, 2.45) is 0 Å². The fourth-order valence-corrected chi connectivity index (χ4v) is 3.40. The molecule has 3 rings (SSSR count). The van der Waals surface area contributed by atoms with Crippen LogP contribution in [0.2, 0.25) is 0 Å². The molecule has 0 spiro atoms. The van der Waals surface area contributed by atoms with Crippen molar-refractivity contribution < 1.29 is 27.1 Å². The lowest BCUT2D eigenvalue weighted by Crippen LogP contribution is -2.31. The Morgan fingerprint density at radius 2 is 1.92 bits per heavy atom. The number of rotatable bonds is 2. The number of ether oxygens (including phenoxy) is 1. The lowest BCUT2D eigenvalue weighted by Gasteiger charge is -2.28. The molecule has 2 aliphatic rings. The molecule has 8 heteroatoms. The Labute approximate surface area is 143 Å². The van der Waals surface area contributed by atoms with Crippen LogP contribution in [0.5, 0.6) is 0 Å². The van der Waals surface area contributed by atoms with Crippen LogP contribution in [0.15, 0.2) is 6.07 Å². The van der Waals surface area contributed by atoms with E-state index in [2.05, 4.69) is 4.98 Å². The van der Waals surface area contributed by atoms with E-state index in [1.165, 1.54) is 13.2 Å². The van der Waals surface area contributed by atoms with Gasteiger partial charge in [-0.1, -0.05) is 0 Å². The molecule has 0 unspecified atom stereocenters. The molecule has 4 nitrogen and oxygen atoms in total. The number of esters is 1. The molecule has 0 N–H and O–H groups in total. The molecular formula is C17H20F4N2O2. The van der Waals surface area contributed by atoms with Crippen LogP contribution in [0.1, 0.15) is 47.3 Å². The van der Waals surface area contributed by atoms with Gasteiger partial charge >= 0.3 is 5.97 Å². The van der Waals surface area contributed by atoms with Crippen LogP contribution in [0, 0.1) is 0 Å². The van der Waals surface area contributed by atoms with Crippen molar-refractivity contribution in [2.75, 3.05) is 25.1 Å². The van der Waals surface area contributed by atoms with Gasteiger partial charge < -0.3 is 9.64 Å². The first-order valence-electron chi connectivity index (χ1n) is 8.32. The highest BCUT2D eigenvalue weighted by molar-refractivity contribution is 5.95. The maximum Gasteiger partial charge on any atom is 0.341 e. The quantitative estimate of drug-likeness (QED) is 0.597. The maximum atomic E-state index is 13.7. The zero-order valence-electron chi connectivity index (χ0n) is 14.0. The number of methoxy groups -OCH3 is 1. The second-order valence-electron chi connectivity index (χ2n) is 6.69. The number of alkyl halides is 4. The molecule has 1 aliphatic carbocycles. The highest BCUT2D eigenvalue weighted by Crippen LogP contribution is 2.36. The van der Waals surface area contributed by atoms with E-state index in [0.29, 0.717) is 17.8 Å². The van der Waals surface area contributed by atoms with Gasteiger partial charge in [0.15, 0.2) is 0 Å². The van der Waals surface area contributed by atoms with E-state index in [0.717, 1.165) is 0 Å². The van der Waals surface area contributed by atoms with E-state index < -0.39 is 24.2 Å². The minimum atomic E-state index is -2.83. The summed E-state index contributed by atoms with van der Waals surface area (Å²) < 4.78 is 59.3. The third kappa shape index (κ3) is 3.88. The summed E-state index contributed by atoms with van der Waals surface area (Å²) in [5.41, 5.74) is 0.884. The number of hydrogen-bond acceptors (Lipinski definition) is 4. The molecule has 0 radical (unpaired) electrons. The van der Waals surface area contributed by atoms with E-state index in [4.69, 9.17) is 4.74 Å². The minimum absolute atomic E-state index is 0.0545. The van der Waals surface area contributed by atoms with Crippen molar-refractivity contribution >= 4 is 11.8 Å². The Morgan fingerprint density at radius 3 is 2.64 bits per heavy atom. The predicted octanol–water partition coefficient (Wildman–Crippen LogP) is 3.62. The number of pyridine rings is 1. The molecule has 25 heavy (non-hydrogen) atoms. The van der Waals surface area contributed by atoms with E-state index in [-0.39, 0.29) is 50.0 Å². The van der Waals surface area contributed by atoms with Crippen molar-refractivity contribution in [2.45, 2.75) is 50.4 Å². The number of aromatic nitrogens is 1. The van der Waals surface area contributed by atoms with E-state index in [1.54, 1.807) is 4.90 Å². The van der Waals surface area contributed by atoms with Crippen LogP contribution in [0.25, 0.3) is 0 Å². The largest absolute Gasteiger partial charge is 0.465 e. The third-order valence-electron chi connectivity index (χ3n) is 4.77. The lowest BCUT2D eigenvalue weighted by atomic mass is 9.91. The highest BCUT2D eigenvalue weighted by Gasteiger charge is 2.37. The van der Waals surface area contributed by atoms with Gasteiger partial charge in [-0.15, -0.1) is 0 Å². The summed E-state index contributed by atoms with van der Waals surface area (Å²) in [6, 6.07) is 1.39. The first kappa shape index (κ1) is 17.9. The number of aryl methyl sites for hydroxylation is 1. The Morgan fingerprint density at radius 1 is 1.16 bits per heavy atom. The topological polar surface area (TPSA) is 42.4 Å². The van der Waals surface area contributed by atoms with Gasteiger partial charge in [-0.05, 0) is 24.5 Å². The zero-order valence-corrected chi connectivity index (χ0v) is 14.0. The Hall–Kier alpha value is -1.86. The van der Waals surface area contributed by atoms with E-state index in [9.17, 15) is 22.4 Å². The van der Waals surface area contributed by atoms with Gasteiger partial charge in [0.2, 0.25) is 5.92 Å². The summed E-state index contributed by atoms with van der Waals surface area (Å²) in [6.45, 7) is 0.389. The SMILES string of the molecule is COC(=O)c1cc2c(nc1N1CCCC(F)(F)CC1)CCC(F)(F)C2. The van der Waals surface area contributed by atoms with Gasteiger partial charge in [-0.2, -0.15) is 0 Å². The monoisotopic (exact) mass is 360 g/mol. The van der Waals surface area contributed by atoms with Crippen molar-refractivity contribution in [3.8, 4) is 0 Å². The Bertz CT molecular complexity index is 679. The van der Waals surface area contributed by atoms with Gasteiger partial charge in [0.1, 0.15) is 11.4 Å². The normalized spacial score (nSPS) is 22.0. The number of halogens is 4. The first-order chi connectivity index (χ1) is 11.7. The lowest BCUT2D eigenvalue weighted by molar-refractivity contribution is -0.0131. The van der Waals surface area contributed by atoms with Crippen LogP contribution < -0.4 is 4.90 Å². The fourth-order valence-electron chi connectivity index (χ4n) is 3.40. The summed E-state index contributed by atoms with van der Waals surface area (Å²) in [7, 11) is 1.19. The van der Waals surface area contributed by atoms with Crippen LogP contribution in [-0.4, -0.2) is 43.0 Å². The van der Waals surface area contributed by atoms with Gasteiger partial charge in [0.25, 0.3) is 5.92 Å². The van der Waals surface area contributed by atoms with Crippen molar-refractivity contribution in [3.05, 3.63) is 22.9 Å². The molecule has 2 heterocycles. The third-order valence-corrected chi connectivity index (χ3v) is 4.77. The number of carbonyl (C=O) groups excluding carboxylic acids is 1. The fraction of sp³-hybridized carbons (Fsp3) is 0.647. The molecule has 1 aromatic rings. The second-order valence-corrected chi connectivity index (χ2v) is 6.69. The maximum absolute atomic E-state index is 13.7. The van der Waals surface area contributed by atoms with Gasteiger partial charge in [0.05, 0.1) is 7.11 Å². The molecule has 1 aliphatic heterocycles. The van der Waals surface area contributed by atoms with Crippen LogP contribution in [-0.2, 0) is 17.6 Å². The number of nitrogens with zero attached hydrogens (tertiary/aromatic N) is 2. The molecule has 0 saturated carbocycles. The number of fused-ring (bicyclic) bond motifs is 1.